The lowest BCUT2D eigenvalue weighted by Gasteiger charge is -2.27. The first-order valence-electron chi connectivity index (χ1n) is 33.6. The number of hydrogen-bond acceptors (Lipinski definition) is 12. The summed E-state index contributed by atoms with van der Waals surface area (Å²) >= 11 is 0. The number of fused-ring (bicyclic) bond motifs is 8. The molecule has 100 heavy (non-hydrogen) atoms. The topological polar surface area (TPSA) is 296 Å². The molecule has 6 aromatic rings. The van der Waals surface area contributed by atoms with Gasteiger partial charge in [0.1, 0.15) is 22.9 Å². The van der Waals surface area contributed by atoms with Gasteiger partial charge in [-0.15, -0.1) is 0 Å². The number of carboxylic acids is 1. The second-order valence-corrected chi connectivity index (χ2v) is 33.8. The first kappa shape index (κ1) is 74.5. The molecule has 4 aliphatic rings. The maximum absolute atomic E-state index is 13.6. The third kappa shape index (κ3) is 15.2. The molecule has 0 radical (unpaired) electrons. The van der Waals surface area contributed by atoms with Crippen molar-refractivity contribution in [3.05, 3.63) is 197 Å². The molecule has 0 fully saturated rings. The normalized spacial score (nSPS) is 18.0. The Kier molecular flexibility index (Phi) is 21.4. The van der Waals surface area contributed by atoms with Crippen LogP contribution in [-0.2, 0) is 78.3 Å². The molecule has 0 atom stereocenters. The number of benzene rings is 6. The van der Waals surface area contributed by atoms with E-state index < -0.39 is 73.9 Å². The molecular formula is C76H89N5O15S4+2. The second kappa shape index (κ2) is 28.7. The van der Waals surface area contributed by atoms with Gasteiger partial charge in [0.2, 0.25) is 17.3 Å². The molecule has 1 amide bonds. The van der Waals surface area contributed by atoms with Crippen LogP contribution in [0, 0.1) is 0 Å². The number of rotatable bonds is 28. The third-order valence-corrected chi connectivity index (χ3v) is 23.5. The maximum Gasteiger partial charge on any atom is 0.303 e. The number of aliphatic carboxylic acids is 1. The Bertz CT molecular complexity index is 5050. The van der Waals surface area contributed by atoms with Crippen molar-refractivity contribution in [2.24, 2.45) is 0 Å². The van der Waals surface area contributed by atoms with Crippen molar-refractivity contribution >= 4 is 108 Å². The van der Waals surface area contributed by atoms with Gasteiger partial charge in [0.05, 0.1) is 21.5 Å². The van der Waals surface area contributed by atoms with Crippen molar-refractivity contribution in [1.82, 2.24) is 5.32 Å². The van der Waals surface area contributed by atoms with Gasteiger partial charge in [0.15, 0.2) is 11.4 Å². The van der Waals surface area contributed by atoms with Crippen LogP contribution in [-0.4, -0.2) is 121 Å². The molecule has 4 aliphatic heterocycles. The Morgan fingerprint density at radius 3 is 1.61 bits per heavy atom. The largest absolute Gasteiger partial charge is 0.481 e. The smallest absolute Gasteiger partial charge is 0.303 e. The van der Waals surface area contributed by atoms with Crippen molar-refractivity contribution < 1.29 is 75.7 Å². The van der Waals surface area contributed by atoms with Crippen LogP contribution in [0.1, 0.15) is 148 Å². The summed E-state index contributed by atoms with van der Waals surface area (Å²) in [6.07, 6.45) is 24.0. The van der Waals surface area contributed by atoms with Crippen LogP contribution in [0.5, 0.6) is 0 Å². The van der Waals surface area contributed by atoms with Crippen molar-refractivity contribution in [2.75, 3.05) is 41.7 Å². The van der Waals surface area contributed by atoms with E-state index in [-0.39, 0.29) is 52.9 Å². The lowest BCUT2D eigenvalue weighted by Crippen LogP contribution is -2.28. The van der Waals surface area contributed by atoms with Gasteiger partial charge in [0, 0.05) is 125 Å². The van der Waals surface area contributed by atoms with E-state index in [1.165, 1.54) is 24.3 Å². The fourth-order valence-electron chi connectivity index (χ4n) is 15.2. The minimum absolute atomic E-state index is 0.0577. The molecule has 0 saturated heterocycles. The fourth-order valence-corrected chi connectivity index (χ4v) is 17.6. The van der Waals surface area contributed by atoms with Crippen LogP contribution in [0.15, 0.2) is 184 Å². The van der Waals surface area contributed by atoms with Gasteiger partial charge in [-0.25, -0.2) is 0 Å². The molecule has 10 rings (SSSR count). The predicted octanol–water partition coefficient (Wildman–Crippen LogP) is 13.9. The molecule has 24 heteroatoms. The van der Waals surface area contributed by atoms with Crippen molar-refractivity contribution in [3.63, 3.8) is 0 Å². The summed E-state index contributed by atoms with van der Waals surface area (Å²) in [5.74, 6) is -1.41. The Labute approximate surface area is 587 Å². The number of nitrogens with one attached hydrogen (secondary N) is 1. The molecule has 0 bridgehead atoms. The highest BCUT2D eigenvalue weighted by Crippen LogP contribution is 2.53. The van der Waals surface area contributed by atoms with E-state index in [1.54, 1.807) is 30.3 Å². The number of amides is 1. The van der Waals surface area contributed by atoms with Gasteiger partial charge in [-0.1, -0.05) is 107 Å². The average Bonchev–Trinajstić information content (AvgIpc) is 1.58. The molecule has 0 saturated carbocycles. The summed E-state index contributed by atoms with van der Waals surface area (Å²) in [6.45, 7) is 20.9. The zero-order valence-electron chi connectivity index (χ0n) is 57.9. The number of allylic oxidation sites excluding steroid dienone is 12. The van der Waals surface area contributed by atoms with Gasteiger partial charge in [-0.05, 0) is 149 Å². The van der Waals surface area contributed by atoms with Gasteiger partial charge < -0.3 is 20.2 Å². The van der Waals surface area contributed by atoms with Crippen LogP contribution in [0.4, 0.5) is 22.7 Å². The molecule has 0 unspecified atom stereocenters. The maximum atomic E-state index is 13.6. The molecule has 0 spiro atoms. The first-order chi connectivity index (χ1) is 46.9. The van der Waals surface area contributed by atoms with Gasteiger partial charge in [0.25, 0.3) is 40.5 Å². The lowest BCUT2D eigenvalue weighted by atomic mass is 9.79. The highest BCUT2D eigenvalue weighted by atomic mass is 32.2. The molecule has 20 nitrogen and oxygen atoms in total. The number of likely N-dealkylation sites (N-methyl/N-ethyl adjacent to an activating group) is 1. The Balaban J connectivity index is 0.828. The molecule has 6 aromatic carbocycles. The molecular weight excluding hydrogens is 1350 g/mol. The van der Waals surface area contributed by atoms with Gasteiger partial charge >= 0.3 is 5.97 Å². The van der Waals surface area contributed by atoms with Crippen LogP contribution in [0.25, 0.3) is 21.5 Å². The van der Waals surface area contributed by atoms with Crippen LogP contribution in [0.2, 0.25) is 0 Å². The fraction of sp³-hybridized carbons (Fsp3) is 0.368. The summed E-state index contributed by atoms with van der Waals surface area (Å²) in [5, 5.41) is 14.6. The summed E-state index contributed by atoms with van der Waals surface area (Å²) in [4.78, 5) is 28.6. The quantitative estimate of drug-likeness (QED) is 0.0115. The van der Waals surface area contributed by atoms with Crippen molar-refractivity contribution in [2.45, 2.75) is 163 Å². The number of carbonyl (C=O) groups is 2. The number of carbonyl (C=O) groups excluding carboxylic acids is 1. The summed E-state index contributed by atoms with van der Waals surface area (Å²) in [6, 6.07) is 27.6. The summed E-state index contributed by atoms with van der Waals surface area (Å²) in [5.41, 5.74) is 9.15. The van der Waals surface area contributed by atoms with E-state index in [2.05, 4.69) is 86.1 Å². The third-order valence-electron chi connectivity index (χ3n) is 20.0. The predicted molar refractivity (Wildman–Crippen MR) is 392 cm³/mol. The van der Waals surface area contributed by atoms with E-state index >= 15 is 0 Å². The monoisotopic (exact) mass is 1440 g/mol. The Hall–Kier alpha value is -8.20. The number of hydrogen-bond donors (Lipinski definition) is 6. The highest BCUT2D eigenvalue weighted by Gasteiger charge is 2.48. The van der Waals surface area contributed by atoms with E-state index in [1.807, 2.05) is 104 Å². The van der Waals surface area contributed by atoms with E-state index in [0.717, 1.165) is 73.2 Å². The van der Waals surface area contributed by atoms with Gasteiger partial charge in [-0.2, -0.15) is 42.8 Å². The van der Waals surface area contributed by atoms with Crippen LogP contribution < -0.4 is 15.1 Å². The lowest BCUT2D eigenvalue weighted by molar-refractivity contribution is -0.438. The average molecular weight is 1440 g/mol. The summed E-state index contributed by atoms with van der Waals surface area (Å²) in [7, 11) is -17.7. The molecule has 6 N–H and O–H groups in total. The molecule has 4 heterocycles. The van der Waals surface area contributed by atoms with Crippen molar-refractivity contribution in [3.8, 4) is 0 Å². The highest BCUT2D eigenvalue weighted by molar-refractivity contribution is 7.86. The minimum Gasteiger partial charge on any atom is -0.481 e. The Morgan fingerprint density at radius 2 is 1.04 bits per heavy atom. The second-order valence-electron chi connectivity index (χ2n) is 28.1. The van der Waals surface area contributed by atoms with E-state index in [0.29, 0.717) is 79.9 Å². The van der Waals surface area contributed by atoms with E-state index in [9.17, 15) is 66.6 Å². The van der Waals surface area contributed by atoms with Gasteiger partial charge in [-0.3, -0.25) is 27.8 Å². The standard InChI is InChI=1S/C76H87N5O15S4/c1-10-78-61-42-38-53-55(26-23-28-63(53)99(91,92)93)71(61)75(6,7)67(78)32-17-12-18-33-68-76(8,9)72-56-27-24-29-64(100(94,95)96)54(56)39-43-62(72)81(68)45-21-13-19-34-69(82)77-50-51-36-40-59-57(48-51)73(2,3)65(80(59)46-25-47-97(85,86)87)30-15-11-16-31-66-74(4,5)58-49-52(98(88,89)90)37-41-60(58)79(66)44-22-14-20-35-70(83)84/h11-12,15-18,23-24,26-33,36-43,48-49H,10,13-14,19-22,25,34-35,44-47,50H2,1-9H3,(H4-2,77,82,83,84,85,86,87,88,89,90,91,92,93,94,95,96)/p+2. The first-order valence-corrected chi connectivity index (χ1v) is 39.6. The number of unbranched alkanes of at least 4 members (excludes halogenated alkanes) is 4. The zero-order chi connectivity index (χ0) is 72.7. The van der Waals surface area contributed by atoms with E-state index in [4.69, 9.17) is 0 Å². The van der Waals surface area contributed by atoms with Crippen molar-refractivity contribution in [1.29, 1.82) is 0 Å². The summed E-state index contributed by atoms with van der Waals surface area (Å²) < 4.78 is 143. The SMILES string of the molecule is CCN1C(=CC=CC=CC2=[N+](CCCCCC(=O)NCc3ccc4c(c3)C(C)(C)C(=CC=CC=CC3=[N+](CCCCCC(=O)O)c5ccc(S(=O)(=O)O)cc5C3(C)C)N4CCCS(=O)(=O)O)c3ccc4c(S(=O)(=O)O)cccc4c3C2(C)C)C(C)(C)c2c1ccc1c(S(=O)(=O)O)cccc21. The zero-order valence-corrected chi connectivity index (χ0v) is 61.1. The van der Waals surface area contributed by atoms with Crippen LogP contribution in [0.3, 0.4) is 0 Å². The molecule has 0 aliphatic carbocycles. The minimum atomic E-state index is -4.55. The van der Waals surface area contributed by atoms with Crippen LogP contribution >= 0.6 is 0 Å². The Morgan fingerprint density at radius 1 is 0.500 bits per heavy atom. The number of carboxylic acid groups (broad SMARTS) is 1. The number of anilines is 2. The number of nitrogens with zero attached hydrogens (tertiary/aromatic N) is 4. The molecule has 0 aromatic heterocycles. The molecule has 530 valence electrons.